The first kappa shape index (κ1) is 40.0. The van der Waals surface area contributed by atoms with Gasteiger partial charge in [-0.1, -0.05) is 243 Å². The van der Waals surface area contributed by atoms with E-state index in [9.17, 15) is 0 Å². The Balaban J connectivity index is 1.15. The first-order valence-corrected chi connectivity index (χ1v) is 22.3. The molecule has 0 aliphatic rings. The van der Waals surface area contributed by atoms with Crippen molar-refractivity contribution in [2.24, 2.45) is 0 Å². The molecular weight excluding hydrogens is 799 g/mol. The summed E-state index contributed by atoms with van der Waals surface area (Å²) < 4.78 is 0. The van der Waals surface area contributed by atoms with Crippen LogP contribution in [0.5, 0.6) is 0 Å². The molecule has 0 bridgehead atoms. The maximum Gasteiger partial charge on any atom is 0.164 e. The Morgan fingerprint density at radius 3 is 0.833 bits per heavy atom. The first-order chi connectivity index (χ1) is 32.7. The van der Waals surface area contributed by atoms with E-state index < -0.39 is 0 Å². The molecular formula is C63H43N3. The van der Waals surface area contributed by atoms with Crippen LogP contribution in [-0.4, -0.2) is 15.0 Å². The molecule has 11 aromatic rings. The molecule has 0 amide bonds. The summed E-state index contributed by atoms with van der Waals surface area (Å²) in [5.41, 5.74) is 18.3. The normalized spacial score (nSPS) is 11.0. The molecule has 1 heterocycles. The van der Waals surface area contributed by atoms with E-state index >= 15 is 0 Å². The van der Waals surface area contributed by atoms with Crippen molar-refractivity contribution in [3.8, 4) is 112 Å². The molecule has 10 aromatic carbocycles. The van der Waals surface area contributed by atoms with Crippen LogP contribution in [0.2, 0.25) is 0 Å². The summed E-state index contributed by atoms with van der Waals surface area (Å²) in [6.45, 7) is 0. The zero-order valence-corrected chi connectivity index (χ0v) is 36.2. The van der Waals surface area contributed by atoms with Gasteiger partial charge >= 0.3 is 0 Å². The van der Waals surface area contributed by atoms with Gasteiger partial charge in [-0.3, -0.25) is 0 Å². The van der Waals surface area contributed by atoms with Gasteiger partial charge in [0.15, 0.2) is 17.5 Å². The van der Waals surface area contributed by atoms with Crippen molar-refractivity contribution in [3.05, 3.63) is 261 Å². The van der Waals surface area contributed by atoms with Gasteiger partial charge < -0.3 is 0 Å². The van der Waals surface area contributed by atoms with Gasteiger partial charge in [0.2, 0.25) is 0 Å². The summed E-state index contributed by atoms with van der Waals surface area (Å²) in [4.78, 5) is 16.2. The summed E-state index contributed by atoms with van der Waals surface area (Å²) in [7, 11) is 0. The first-order valence-electron chi connectivity index (χ1n) is 22.3. The highest BCUT2D eigenvalue weighted by Gasteiger charge is 2.22. The van der Waals surface area contributed by atoms with Crippen molar-refractivity contribution in [2.75, 3.05) is 0 Å². The van der Waals surface area contributed by atoms with E-state index in [1.54, 1.807) is 0 Å². The molecule has 0 spiro atoms. The van der Waals surface area contributed by atoms with Crippen LogP contribution in [0.3, 0.4) is 0 Å². The molecule has 0 aliphatic heterocycles. The highest BCUT2D eigenvalue weighted by molar-refractivity contribution is 5.96. The second kappa shape index (κ2) is 18.1. The van der Waals surface area contributed by atoms with Crippen molar-refractivity contribution in [1.29, 1.82) is 0 Å². The molecule has 0 fully saturated rings. The second-order valence-corrected chi connectivity index (χ2v) is 16.3. The number of nitrogens with zero attached hydrogens (tertiary/aromatic N) is 3. The molecule has 11 rings (SSSR count). The molecule has 0 unspecified atom stereocenters. The van der Waals surface area contributed by atoms with Gasteiger partial charge in [0, 0.05) is 16.7 Å². The molecule has 0 atom stereocenters. The van der Waals surface area contributed by atoms with Crippen LogP contribution in [0, 0.1) is 0 Å². The fraction of sp³-hybridized carbons (Fsp3) is 0. The third kappa shape index (κ3) is 8.14. The third-order valence-electron chi connectivity index (χ3n) is 12.2. The summed E-state index contributed by atoms with van der Waals surface area (Å²) in [5, 5.41) is 0. The summed E-state index contributed by atoms with van der Waals surface area (Å²) in [6.07, 6.45) is 0. The Kier molecular flexibility index (Phi) is 11.0. The second-order valence-electron chi connectivity index (χ2n) is 16.3. The van der Waals surface area contributed by atoms with E-state index in [4.69, 9.17) is 15.0 Å². The number of rotatable bonds is 10. The largest absolute Gasteiger partial charge is 0.208 e. The number of hydrogen-bond acceptors (Lipinski definition) is 3. The maximum atomic E-state index is 5.52. The lowest BCUT2D eigenvalue weighted by Crippen LogP contribution is -2.02. The SMILES string of the molecule is c1ccc(-c2ccc(-c3ccccc3-c3nc(-c4ccccc4)nc(-c4cc(-c5ccccc5)ccc4-c4ccc(-c5ccccc5)cc4-c4ccccc4)n3)c(-c3ccccc3)c2)cc1. The molecule has 0 saturated carbocycles. The topological polar surface area (TPSA) is 38.7 Å². The Morgan fingerprint density at radius 2 is 0.424 bits per heavy atom. The van der Waals surface area contributed by atoms with Crippen molar-refractivity contribution in [2.45, 2.75) is 0 Å². The Hall–Kier alpha value is -8.79. The van der Waals surface area contributed by atoms with E-state index in [-0.39, 0.29) is 0 Å². The van der Waals surface area contributed by atoms with Crippen molar-refractivity contribution >= 4 is 0 Å². The van der Waals surface area contributed by atoms with Gasteiger partial charge in [-0.05, 0) is 96.1 Å². The standard InChI is InChI=1S/C63H43N3/c1-7-21-44(22-8-1)50-35-38-54(58(41-50)47-27-13-4-14-28-47)53-33-19-20-34-57(53)62-64-61(49-31-17-6-18-32-49)65-63(66-62)60-43-52(46-25-11-3-12-26-46)37-40-56(60)55-39-36-51(45-23-9-2-10-24-45)42-59(55)48-29-15-5-16-30-48/h1-43H. The Bertz CT molecular complexity index is 3430. The number of aromatic nitrogens is 3. The zero-order valence-electron chi connectivity index (χ0n) is 36.2. The van der Waals surface area contributed by atoms with Gasteiger partial charge in [-0.15, -0.1) is 0 Å². The van der Waals surface area contributed by atoms with E-state index in [0.717, 1.165) is 83.5 Å². The minimum Gasteiger partial charge on any atom is -0.208 e. The maximum absolute atomic E-state index is 5.52. The molecule has 3 nitrogen and oxygen atoms in total. The molecule has 0 N–H and O–H groups in total. The van der Waals surface area contributed by atoms with Crippen LogP contribution in [0.15, 0.2) is 261 Å². The summed E-state index contributed by atoms with van der Waals surface area (Å²) in [6, 6.07) is 92.0. The van der Waals surface area contributed by atoms with Gasteiger partial charge in [-0.25, -0.2) is 15.0 Å². The molecule has 0 radical (unpaired) electrons. The highest BCUT2D eigenvalue weighted by Crippen LogP contribution is 2.44. The minimum atomic E-state index is 0.593. The lowest BCUT2D eigenvalue weighted by molar-refractivity contribution is 1.07. The Labute approximate surface area is 386 Å². The van der Waals surface area contributed by atoms with Gasteiger partial charge in [0.1, 0.15) is 0 Å². The van der Waals surface area contributed by atoms with Crippen LogP contribution >= 0.6 is 0 Å². The quantitative estimate of drug-likeness (QED) is 0.138. The predicted octanol–water partition coefficient (Wildman–Crippen LogP) is 16.5. The third-order valence-corrected chi connectivity index (χ3v) is 12.2. The van der Waals surface area contributed by atoms with Gasteiger partial charge in [0.25, 0.3) is 0 Å². The molecule has 66 heavy (non-hydrogen) atoms. The van der Waals surface area contributed by atoms with Crippen LogP contribution in [-0.2, 0) is 0 Å². The Morgan fingerprint density at radius 1 is 0.152 bits per heavy atom. The fourth-order valence-corrected chi connectivity index (χ4v) is 8.91. The number of hydrogen-bond donors (Lipinski definition) is 0. The average molecular weight is 842 g/mol. The molecule has 0 saturated heterocycles. The molecule has 0 aliphatic carbocycles. The summed E-state index contributed by atoms with van der Waals surface area (Å²) >= 11 is 0. The van der Waals surface area contributed by atoms with Crippen LogP contribution in [0.4, 0.5) is 0 Å². The van der Waals surface area contributed by atoms with Crippen molar-refractivity contribution in [1.82, 2.24) is 15.0 Å². The highest BCUT2D eigenvalue weighted by atomic mass is 15.0. The van der Waals surface area contributed by atoms with Crippen molar-refractivity contribution in [3.63, 3.8) is 0 Å². The zero-order chi connectivity index (χ0) is 44.1. The molecule has 310 valence electrons. The molecule has 1 aromatic heterocycles. The monoisotopic (exact) mass is 841 g/mol. The average Bonchev–Trinajstić information content (AvgIpc) is 3.42. The predicted molar refractivity (Wildman–Crippen MR) is 274 cm³/mol. The fourth-order valence-electron chi connectivity index (χ4n) is 8.91. The molecule has 3 heteroatoms. The van der Waals surface area contributed by atoms with E-state index in [1.165, 1.54) is 11.1 Å². The van der Waals surface area contributed by atoms with Crippen LogP contribution in [0.1, 0.15) is 0 Å². The lowest BCUT2D eigenvalue weighted by atomic mass is 9.87. The van der Waals surface area contributed by atoms with Crippen LogP contribution < -0.4 is 0 Å². The smallest absolute Gasteiger partial charge is 0.164 e. The van der Waals surface area contributed by atoms with Gasteiger partial charge in [-0.2, -0.15) is 0 Å². The van der Waals surface area contributed by atoms with E-state index in [2.05, 4.69) is 243 Å². The van der Waals surface area contributed by atoms with E-state index in [0.29, 0.717) is 17.5 Å². The van der Waals surface area contributed by atoms with Gasteiger partial charge in [0.05, 0.1) is 0 Å². The van der Waals surface area contributed by atoms with E-state index in [1.807, 2.05) is 18.2 Å². The number of benzene rings is 10. The van der Waals surface area contributed by atoms with Crippen LogP contribution in [0.25, 0.3) is 112 Å². The van der Waals surface area contributed by atoms with Crippen molar-refractivity contribution < 1.29 is 0 Å². The lowest BCUT2D eigenvalue weighted by Gasteiger charge is -2.19. The minimum absolute atomic E-state index is 0.593. The summed E-state index contributed by atoms with van der Waals surface area (Å²) in [5.74, 6) is 1.79.